The highest BCUT2D eigenvalue weighted by atomic mass is 32.2. The SMILES string of the molecule is Cc1ccc(S(=O)(=O)N2CCC[C@@H](C(=O)N(C)c3ccc(C)c(C)c3)C2)cc1. The van der Waals surface area contributed by atoms with Crippen LogP contribution < -0.4 is 4.90 Å². The molecule has 0 aliphatic carbocycles. The van der Waals surface area contributed by atoms with E-state index in [1.54, 1.807) is 36.2 Å². The number of hydrogen-bond acceptors (Lipinski definition) is 3. The van der Waals surface area contributed by atoms with Gasteiger partial charge in [-0.15, -0.1) is 0 Å². The van der Waals surface area contributed by atoms with Crippen molar-refractivity contribution in [3.63, 3.8) is 0 Å². The molecule has 0 aromatic heterocycles. The highest BCUT2D eigenvalue weighted by molar-refractivity contribution is 7.89. The Bertz CT molecular complexity index is 968. The van der Waals surface area contributed by atoms with Crippen molar-refractivity contribution in [2.24, 2.45) is 5.92 Å². The van der Waals surface area contributed by atoms with Crippen molar-refractivity contribution in [3.8, 4) is 0 Å². The van der Waals surface area contributed by atoms with Gasteiger partial charge in [-0.2, -0.15) is 4.31 Å². The monoisotopic (exact) mass is 400 g/mol. The molecule has 1 aliphatic rings. The molecule has 3 rings (SSSR count). The molecule has 2 aromatic rings. The van der Waals surface area contributed by atoms with E-state index in [0.29, 0.717) is 19.4 Å². The molecule has 6 heteroatoms. The first-order valence-electron chi connectivity index (χ1n) is 9.62. The number of carbonyl (C=O) groups excluding carboxylic acids is 1. The number of rotatable bonds is 4. The first kappa shape index (κ1) is 20.6. The second kappa shape index (κ2) is 8.05. The molecule has 1 amide bonds. The van der Waals surface area contributed by atoms with Gasteiger partial charge in [-0.1, -0.05) is 23.8 Å². The molecule has 0 saturated carbocycles. The van der Waals surface area contributed by atoms with E-state index in [-0.39, 0.29) is 23.3 Å². The number of anilines is 1. The molecule has 150 valence electrons. The van der Waals surface area contributed by atoms with E-state index < -0.39 is 10.0 Å². The quantitative estimate of drug-likeness (QED) is 0.787. The van der Waals surface area contributed by atoms with Crippen molar-refractivity contribution in [1.29, 1.82) is 0 Å². The predicted octanol–water partition coefficient (Wildman–Crippen LogP) is 3.68. The summed E-state index contributed by atoms with van der Waals surface area (Å²) in [6, 6.07) is 12.8. The smallest absolute Gasteiger partial charge is 0.243 e. The summed E-state index contributed by atoms with van der Waals surface area (Å²) in [4.78, 5) is 15.0. The summed E-state index contributed by atoms with van der Waals surface area (Å²) >= 11 is 0. The average Bonchev–Trinajstić information content (AvgIpc) is 2.69. The van der Waals surface area contributed by atoms with E-state index in [1.807, 2.05) is 39.0 Å². The molecule has 1 saturated heterocycles. The van der Waals surface area contributed by atoms with Crippen LogP contribution in [0, 0.1) is 26.7 Å². The fraction of sp³-hybridized carbons (Fsp3) is 0.409. The van der Waals surface area contributed by atoms with Crippen molar-refractivity contribution in [1.82, 2.24) is 4.31 Å². The number of nitrogens with zero attached hydrogens (tertiary/aromatic N) is 2. The van der Waals surface area contributed by atoms with Gasteiger partial charge in [-0.3, -0.25) is 4.79 Å². The van der Waals surface area contributed by atoms with Gasteiger partial charge in [0.05, 0.1) is 10.8 Å². The third kappa shape index (κ3) is 4.13. The largest absolute Gasteiger partial charge is 0.315 e. The van der Waals surface area contributed by atoms with Crippen LogP contribution in [0.3, 0.4) is 0 Å². The Balaban J connectivity index is 1.77. The third-order valence-electron chi connectivity index (χ3n) is 5.60. The summed E-state index contributed by atoms with van der Waals surface area (Å²) in [5.74, 6) is -0.368. The summed E-state index contributed by atoms with van der Waals surface area (Å²) in [7, 11) is -1.82. The van der Waals surface area contributed by atoms with Gasteiger partial charge in [-0.05, 0) is 69.0 Å². The van der Waals surface area contributed by atoms with Crippen LogP contribution in [0.2, 0.25) is 0 Å². The molecule has 1 heterocycles. The van der Waals surface area contributed by atoms with Crippen LogP contribution in [0.1, 0.15) is 29.5 Å². The maximum atomic E-state index is 13.1. The molecule has 0 bridgehead atoms. The van der Waals surface area contributed by atoms with Gasteiger partial charge < -0.3 is 4.90 Å². The zero-order valence-corrected chi connectivity index (χ0v) is 17.8. The molecule has 5 nitrogen and oxygen atoms in total. The summed E-state index contributed by atoms with van der Waals surface area (Å²) < 4.78 is 27.4. The van der Waals surface area contributed by atoms with E-state index >= 15 is 0 Å². The maximum Gasteiger partial charge on any atom is 0.243 e. The van der Waals surface area contributed by atoms with Crippen molar-refractivity contribution >= 4 is 21.6 Å². The fourth-order valence-electron chi connectivity index (χ4n) is 3.56. The van der Waals surface area contributed by atoms with Crippen LogP contribution >= 0.6 is 0 Å². The molecule has 1 fully saturated rings. The average molecular weight is 401 g/mol. The zero-order valence-electron chi connectivity index (χ0n) is 17.0. The van der Waals surface area contributed by atoms with Crippen LogP contribution in [-0.4, -0.2) is 38.8 Å². The van der Waals surface area contributed by atoms with Gasteiger partial charge in [0.25, 0.3) is 0 Å². The Morgan fingerprint density at radius 2 is 1.71 bits per heavy atom. The first-order valence-corrected chi connectivity index (χ1v) is 11.1. The summed E-state index contributed by atoms with van der Waals surface area (Å²) in [5, 5.41) is 0. The lowest BCUT2D eigenvalue weighted by molar-refractivity contribution is -0.123. The highest BCUT2D eigenvalue weighted by Crippen LogP contribution is 2.27. The van der Waals surface area contributed by atoms with Crippen molar-refractivity contribution < 1.29 is 13.2 Å². The molecular weight excluding hydrogens is 372 g/mol. The van der Waals surface area contributed by atoms with Crippen LogP contribution in [0.5, 0.6) is 0 Å². The second-order valence-corrected chi connectivity index (χ2v) is 9.62. The molecule has 0 N–H and O–H groups in total. The Morgan fingerprint density at radius 1 is 1.04 bits per heavy atom. The molecule has 2 aromatic carbocycles. The van der Waals surface area contributed by atoms with Crippen molar-refractivity contribution in [2.45, 2.75) is 38.5 Å². The van der Waals surface area contributed by atoms with Gasteiger partial charge >= 0.3 is 0 Å². The third-order valence-corrected chi connectivity index (χ3v) is 7.48. The lowest BCUT2D eigenvalue weighted by Gasteiger charge is -2.33. The maximum absolute atomic E-state index is 13.1. The number of benzene rings is 2. The number of aryl methyl sites for hydroxylation is 3. The Labute approximate surface area is 168 Å². The topological polar surface area (TPSA) is 57.7 Å². The van der Waals surface area contributed by atoms with Crippen LogP contribution in [0.4, 0.5) is 5.69 Å². The Hall–Kier alpha value is -2.18. The van der Waals surface area contributed by atoms with Crippen LogP contribution in [0.25, 0.3) is 0 Å². The number of piperidine rings is 1. The molecule has 0 spiro atoms. The first-order chi connectivity index (χ1) is 13.2. The summed E-state index contributed by atoms with van der Waals surface area (Å²) in [5.41, 5.74) is 4.16. The van der Waals surface area contributed by atoms with E-state index in [4.69, 9.17) is 0 Å². The van der Waals surface area contributed by atoms with Gasteiger partial charge in [0.15, 0.2) is 0 Å². The summed E-state index contributed by atoms with van der Waals surface area (Å²) in [6.07, 6.45) is 1.39. The minimum absolute atomic E-state index is 0.0351. The van der Waals surface area contributed by atoms with Crippen LogP contribution in [-0.2, 0) is 14.8 Å². The second-order valence-electron chi connectivity index (χ2n) is 7.68. The predicted molar refractivity (Wildman–Crippen MR) is 112 cm³/mol. The molecule has 1 atom stereocenters. The van der Waals surface area contributed by atoms with Crippen molar-refractivity contribution in [3.05, 3.63) is 59.2 Å². The molecule has 1 aliphatic heterocycles. The van der Waals surface area contributed by atoms with Crippen LogP contribution in [0.15, 0.2) is 47.4 Å². The fourth-order valence-corrected chi connectivity index (χ4v) is 5.08. The highest BCUT2D eigenvalue weighted by Gasteiger charge is 2.34. The van der Waals surface area contributed by atoms with E-state index in [2.05, 4.69) is 0 Å². The molecule has 0 unspecified atom stereocenters. The molecular formula is C22H28N2O3S. The summed E-state index contributed by atoms with van der Waals surface area (Å²) in [6.45, 7) is 6.66. The number of hydrogen-bond donors (Lipinski definition) is 0. The minimum atomic E-state index is -3.59. The van der Waals surface area contributed by atoms with E-state index in [1.165, 1.54) is 9.87 Å². The van der Waals surface area contributed by atoms with Gasteiger partial charge in [0, 0.05) is 25.8 Å². The lowest BCUT2D eigenvalue weighted by Crippen LogP contribution is -2.46. The minimum Gasteiger partial charge on any atom is -0.315 e. The molecule has 0 radical (unpaired) electrons. The molecule has 28 heavy (non-hydrogen) atoms. The number of amides is 1. The number of carbonyl (C=O) groups is 1. The standard InChI is InChI=1S/C22H28N2O3S/c1-16-7-11-21(12-8-16)28(26,27)24-13-5-6-19(15-24)22(25)23(4)20-10-9-17(2)18(3)14-20/h7-12,14,19H,5-6,13,15H2,1-4H3/t19-/m1/s1. The Kier molecular flexibility index (Phi) is 5.91. The lowest BCUT2D eigenvalue weighted by atomic mass is 9.98. The van der Waals surface area contributed by atoms with Crippen molar-refractivity contribution in [2.75, 3.05) is 25.0 Å². The van der Waals surface area contributed by atoms with Gasteiger partial charge in [0.1, 0.15) is 0 Å². The Morgan fingerprint density at radius 3 is 2.36 bits per heavy atom. The van der Waals surface area contributed by atoms with Gasteiger partial charge in [-0.25, -0.2) is 8.42 Å². The van der Waals surface area contributed by atoms with E-state index in [0.717, 1.165) is 16.8 Å². The van der Waals surface area contributed by atoms with Gasteiger partial charge in [0.2, 0.25) is 15.9 Å². The zero-order chi connectivity index (χ0) is 20.5. The number of sulfonamides is 1. The normalized spacial score (nSPS) is 18.1. The van der Waals surface area contributed by atoms with E-state index in [9.17, 15) is 13.2 Å².